The van der Waals surface area contributed by atoms with E-state index in [1.165, 1.54) is 33.0 Å². The SMILES string of the molecule is N#Cc1cc(C#N)cc(Nc2cccc(-n3c4ccc(-c5ccccc5)cc4c4cc(-c5ccccc5)ccc43)c2)c1. The standard InChI is InChI=1S/C38H24N4/c39-24-26-18-27(25-40)20-33(19-26)41-32-12-7-13-34(23-32)42-37-16-14-30(28-8-3-1-4-9-28)21-35(37)36-22-31(15-17-38(36)42)29-10-5-2-6-11-29/h1-23,41H. The Balaban J connectivity index is 1.40. The third-order valence-corrected chi connectivity index (χ3v) is 7.56. The van der Waals surface area contributed by atoms with Gasteiger partial charge in [-0.25, -0.2) is 0 Å². The Morgan fingerprint density at radius 3 is 1.52 bits per heavy atom. The minimum atomic E-state index is 0.443. The number of benzene rings is 6. The van der Waals surface area contributed by atoms with Gasteiger partial charge in [-0.15, -0.1) is 0 Å². The number of nitrogens with one attached hydrogen (secondary N) is 1. The van der Waals surface area contributed by atoms with Crippen LogP contribution in [0.2, 0.25) is 0 Å². The van der Waals surface area contributed by atoms with E-state index in [9.17, 15) is 10.5 Å². The summed E-state index contributed by atoms with van der Waals surface area (Å²) in [5.41, 5.74) is 10.4. The minimum Gasteiger partial charge on any atom is -0.355 e. The van der Waals surface area contributed by atoms with Gasteiger partial charge in [0.2, 0.25) is 0 Å². The lowest BCUT2D eigenvalue weighted by Gasteiger charge is -2.12. The maximum atomic E-state index is 9.41. The molecule has 0 atom stereocenters. The van der Waals surface area contributed by atoms with Crippen molar-refractivity contribution in [3.63, 3.8) is 0 Å². The topological polar surface area (TPSA) is 64.5 Å². The molecule has 0 radical (unpaired) electrons. The number of fused-ring (bicyclic) bond motifs is 3. The smallest absolute Gasteiger partial charge is 0.0992 e. The van der Waals surface area contributed by atoms with Gasteiger partial charge in [-0.1, -0.05) is 78.9 Å². The van der Waals surface area contributed by atoms with Crippen molar-refractivity contribution in [2.75, 3.05) is 5.32 Å². The normalized spacial score (nSPS) is 10.8. The molecule has 196 valence electrons. The van der Waals surface area contributed by atoms with Crippen LogP contribution < -0.4 is 5.32 Å². The van der Waals surface area contributed by atoms with Crippen molar-refractivity contribution in [2.45, 2.75) is 0 Å². The summed E-state index contributed by atoms with van der Waals surface area (Å²) in [4.78, 5) is 0. The highest BCUT2D eigenvalue weighted by atomic mass is 15.0. The van der Waals surface area contributed by atoms with Gasteiger partial charge in [-0.05, 0) is 82.9 Å². The fraction of sp³-hybridized carbons (Fsp3) is 0. The minimum absolute atomic E-state index is 0.443. The second-order valence-electron chi connectivity index (χ2n) is 10.2. The third kappa shape index (κ3) is 4.54. The average Bonchev–Trinajstić information content (AvgIpc) is 3.38. The Bertz CT molecular complexity index is 2050. The van der Waals surface area contributed by atoms with E-state index in [0.717, 1.165) is 22.4 Å². The van der Waals surface area contributed by atoms with Gasteiger partial charge < -0.3 is 9.88 Å². The Morgan fingerprint density at radius 2 is 1.00 bits per heavy atom. The van der Waals surface area contributed by atoms with Gasteiger partial charge in [-0.2, -0.15) is 10.5 Å². The Morgan fingerprint density at radius 1 is 0.452 bits per heavy atom. The van der Waals surface area contributed by atoms with Crippen molar-refractivity contribution < 1.29 is 0 Å². The number of hydrogen-bond donors (Lipinski definition) is 1. The summed E-state index contributed by atoms with van der Waals surface area (Å²) in [6.45, 7) is 0. The van der Waals surface area contributed by atoms with Gasteiger partial charge >= 0.3 is 0 Å². The Kier molecular flexibility index (Phi) is 6.21. The highest BCUT2D eigenvalue weighted by molar-refractivity contribution is 6.11. The molecule has 4 heteroatoms. The van der Waals surface area contributed by atoms with Crippen LogP contribution in [-0.2, 0) is 0 Å². The van der Waals surface area contributed by atoms with E-state index < -0.39 is 0 Å². The van der Waals surface area contributed by atoms with Crippen LogP contribution in [0.15, 0.2) is 140 Å². The number of rotatable bonds is 5. The van der Waals surface area contributed by atoms with Gasteiger partial charge in [0.05, 0.1) is 34.3 Å². The van der Waals surface area contributed by atoms with Crippen molar-refractivity contribution in [3.8, 4) is 40.1 Å². The molecule has 1 aromatic heterocycles. The van der Waals surface area contributed by atoms with Gasteiger partial charge in [0.25, 0.3) is 0 Å². The molecule has 4 nitrogen and oxygen atoms in total. The zero-order chi connectivity index (χ0) is 28.5. The van der Waals surface area contributed by atoms with Crippen molar-refractivity contribution in [2.24, 2.45) is 0 Å². The summed E-state index contributed by atoms with van der Waals surface area (Å²) < 4.78 is 2.30. The van der Waals surface area contributed by atoms with E-state index in [-0.39, 0.29) is 0 Å². The number of anilines is 2. The van der Waals surface area contributed by atoms with Gasteiger partial charge in [0.15, 0.2) is 0 Å². The predicted octanol–water partition coefficient (Wildman–Crippen LogP) is 9.60. The highest BCUT2D eigenvalue weighted by Gasteiger charge is 2.15. The van der Waals surface area contributed by atoms with E-state index >= 15 is 0 Å². The molecule has 1 N–H and O–H groups in total. The first-order chi connectivity index (χ1) is 20.7. The zero-order valence-corrected chi connectivity index (χ0v) is 22.6. The molecule has 0 bridgehead atoms. The maximum Gasteiger partial charge on any atom is 0.0992 e. The van der Waals surface area contributed by atoms with Crippen molar-refractivity contribution in [1.29, 1.82) is 10.5 Å². The molecule has 0 aliphatic heterocycles. The van der Waals surface area contributed by atoms with Crippen LogP contribution >= 0.6 is 0 Å². The van der Waals surface area contributed by atoms with Crippen LogP contribution in [-0.4, -0.2) is 4.57 Å². The summed E-state index contributed by atoms with van der Waals surface area (Å²) >= 11 is 0. The predicted molar refractivity (Wildman–Crippen MR) is 171 cm³/mol. The molecule has 1 heterocycles. The molecule has 7 rings (SSSR count). The number of aromatic nitrogens is 1. The van der Waals surface area contributed by atoms with E-state index in [1.54, 1.807) is 18.2 Å². The van der Waals surface area contributed by atoms with Gasteiger partial charge in [0, 0.05) is 27.8 Å². The fourth-order valence-electron chi connectivity index (χ4n) is 5.64. The molecule has 0 saturated carbocycles. The van der Waals surface area contributed by atoms with Crippen LogP contribution in [0.3, 0.4) is 0 Å². The van der Waals surface area contributed by atoms with Crippen LogP contribution in [0.25, 0.3) is 49.7 Å². The van der Waals surface area contributed by atoms with Crippen molar-refractivity contribution in [1.82, 2.24) is 4.57 Å². The zero-order valence-electron chi connectivity index (χ0n) is 22.6. The van der Waals surface area contributed by atoms with E-state index in [4.69, 9.17) is 0 Å². The van der Waals surface area contributed by atoms with Crippen LogP contribution in [0, 0.1) is 22.7 Å². The molecule has 0 saturated heterocycles. The molecule has 7 aromatic rings. The third-order valence-electron chi connectivity index (χ3n) is 7.56. The van der Waals surface area contributed by atoms with Crippen LogP contribution in [0.1, 0.15) is 11.1 Å². The van der Waals surface area contributed by atoms with Crippen LogP contribution in [0.4, 0.5) is 11.4 Å². The molecule has 0 aliphatic carbocycles. The van der Waals surface area contributed by atoms with E-state index in [2.05, 4.69) is 119 Å². The summed E-state index contributed by atoms with van der Waals surface area (Å²) in [6, 6.07) is 51.9. The first-order valence-corrected chi connectivity index (χ1v) is 13.7. The summed E-state index contributed by atoms with van der Waals surface area (Å²) in [5.74, 6) is 0. The van der Waals surface area contributed by atoms with Gasteiger partial charge in [-0.3, -0.25) is 0 Å². The quantitative estimate of drug-likeness (QED) is 0.238. The molecule has 0 fully saturated rings. The van der Waals surface area contributed by atoms with E-state index in [1.807, 2.05) is 24.3 Å². The van der Waals surface area contributed by atoms with Crippen LogP contribution in [0.5, 0.6) is 0 Å². The number of hydrogen-bond acceptors (Lipinski definition) is 3. The molecular weight excluding hydrogens is 512 g/mol. The summed E-state index contributed by atoms with van der Waals surface area (Å²) in [5, 5.41) is 24.6. The lowest BCUT2D eigenvalue weighted by molar-refractivity contribution is 1.18. The monoisotopic (exact) mass is 536 g/mol. The summed E-state index contributed by atoms with van der Waals surface area (Å²) in [7, 11) is 0. The lowest BCUT2D eigenvalue weighted by Crippen LogP contribution is -1.97. The first-order valence-electron chi connectivity index (χ1n) is 13.7. The largest absolute Gasteiger partial charge is 0.355 e. The Labute approximate surface area is 244 Å². The molecule has 0 amide bonds. The molecular formula is C38H24N4. The van der Waals surface area contributed by atoms with Gasteiger partial charge in [0.1, 0.15) is 0 Å². The first kappa shape index (κ1) is 24.9. The van der Waals surface area contributed by atoms with Crippen molar-refractivity contribution in [3.05, 3.63) is 151 Å². The molecule has 42 heavy (non-hydrogen) atoms. The highest BCUT2D eigenvalue weighted by Crippen LogP contribution is 2.37. The van der Waals surface area contributed by atoms with Crippen molar-refractivity contribution >= 4 is 33.2 Å². The van der Waals surface area contributed by atoms with E-state index in [0.29, 0.717) is 16.8 Å². The fourth-order valence-corrected chi connectivity index (χ4v) is 5.64. The molecule has 0 unspecified atom stereocenters. The number of nitriles is 2. The second-order valence-corrected chi connectivity index (χ2v) is 10.2. The second kappa shape index (κ2) is 10.5. The molecule has 6 aromatic carbocycles. The number of nitrogens with zero attached hydrogens (tertiary/aromatic N) is 3. The Hall–Kier alpha value is -6.10. The maximum absolute atomic E-state index is 9.41. The molecule has 0 aliphatic rings. The lowest BCUT2D eigenvalue weighted by atomic mass is 10.0. The summed E-state index contributed by atoms with van der Waals surface area (Å²) in [6.07, 6.45) is 0. The average molecular weight is 537 g/mol. The molecule has 0 spiro atoms.